The number of nitrogen functional groups attached to an aromatic ring is 1. The molecule has 3 aliphatic rings. The number of halogens is 6. The van der Waals surface area contributed by atoms with Gasteiger partial charge >= 0.3 is 12.2 Å². The number of fused-ring (bicyclic) bond motifs is 3. The van der Waals surface area contributed by atoms with E-state index >= 15 is 4.39 Å². The maximum absolute atomic E-state index is 15.9. The molecule has 0 aliphatic carbocycles. The minimum Gasteiger partial charge on any atom is -0.467 e. The molecule has 7 rings (SSSR count). The number of anilines is 2. The summed E-state index contributed by atoms with van der Waals surface area (Å²) in [4.78, 5) is 25.0. The molecule has 3 saturated heterocycles. The lowest BCUT2D eigenvalue weighted by Gasteiger charge is -2.24. The summed E-state index contributed by atoms with van der Waals surface area (Å²) < 4.78 is 90.2. The van der Waals surface area contributed by atoms with Gasteiger partial charge in [-0.3, -0.25) is 9.69 Å². The molecule has 0 spiro atoms. The predicted molar refractivity (Wildman–Crippen MR) is 198 cm³/mol. The second-order valence-electron chi connectivity index (χ2n) is 13.5. The number of hydrogen-bond donors (Lipinski definition) is 2. The number of hydrogen-bond acceptors (Lipinski definition) is 10. The summed E-state index contributed by atoms with van der Waals surface area (Å²) in [5, 5.41) is 11.8. The molecule has 0 bridgehead atoms. The topological polar surface area (TPSA) is 124 Å². The second kappa shape index (κ2) is 17.4. The van der Waals surface area contributed by atoms with Crippen molar-refractivity contribution in [1.82, 2.24) is 24.7 Å². The summed E-state index contributed by atoms with van der Waals surface area (Å²) in [7, 11) is 3.33. The van der Waals surface area contributed by atoms with Crippen molar-refractivity contribution in [2.24, 2.45) is 0 Å². The molecule has 10 nitrogen and oxygen atoms in total. The van der Waals surface area contributed by atoms with Gasteiger partial charge in [-0.05, 0) is 76.9 Å². The molecule has 0 radical (unpaired) electrons. The van der Waals surface area contributed by atoms with Crippen LogP contribution in [0, 0.1) is 23.0 Å². The van der Waals surface area contributed by atoms with Crippen molar-refractivity contribution < 1.29 is 35.9 Å². The molecule has 0 saturated carbocycles. The summed E-state index contributed by atoms with van der Waals surface area (Å²) in [6.07, 6.45) is 1.14. The molecule has 2 aromatic carbocycles. The molecule has 3 aliphatic heterocycles. The highest BCUT2D eigenvalue weighted by Gasteiger charge is 2.38. The number of nitrogens with zero attached hydrogens (tertiary/aromatic N) is 6. The van der Waals surface area contributed by atoms with E-state index in [1.807, 2.05) is 4.90 Å². The first-order chi connectivity index (χ1) is 25.8. The molecule has 292 valence electrons. The fourth-order valence-electron chi connectivity index (χ4n) is 7.30. The van der Waals surface area contributed by atoms with Crippen molar-refractivity contribution in [3.05, 3.63) is 41.0 Å². The number of carbonyl (C=O) groups excluding carboxylic acids is 1. The Bertz CT molecular complexity index is 1990. The number of nitrogens with two attached hydrogens (primary N) is 1. The van der Waals surface area contributed by atoms with Gasteiger partial charge in [-0.1, -0.05) is 13.0 Å². The number of likely N-dealkylation sites (N-methyl/N-ethyl adjacent to an activating group) is 1. The number of carbonyl (C=O) groups is 1. The Morgan fingerprint density at radius 1 is 1.19 bits per heavy atom. The number of aromatic nitrogens is 2. The Morgan fingerprint density at radius 2 is 1.93 bits per heavy atom. The number of rotatable bonds is 8. The van der Waals surface area contributed by atoms with E-state index in [2.05, 4.69) is 39.1 Å². The Hall–Kier alpha value is -4.40. The van der Waals surface area contributed by atoms with E-state index in [0.717, 1.165) is 57.2 Å². The van der Waals surface area contributed by atoms with Gasteiger partial charge in [0, 0.05) is 54.6 Å². The van der Waals surface area contributed by atoms with E-state index in [1.54, 1.807) is 13.0 Å². The number of nitrogens with one attached hydrogen (secondary N) is 1. The van der Waals surface area contributed by atoms with Crippen molar-refractivity contribution in [3.8, 4) is 23.2 Å². The van der Waals surface area contributed by atoms with Crippen molar-refractivity contribution in [2.45, 2.75) is 70.4 Å². The van der Waals surface area contributed by atoms with Crippen LogP contribution in [0.2, 0.25) is 0 Å². The molecule has 1 amide bonds. The first kappa shape index (κ1) is 40.8. The molecule has 2 aromatic heterocycles. The molecule has 3 N–H and O–H groups in total. The number of thiophene rings is 1. The molecular weight excluding hydrogens is 735 g/mol. The zero-order valence-electron chi connectivity index (χ0n) is 30.6. The van der Waals surface area contributed by atoms with Crippen LogP contribution < -0.4 is 15.8 Å². The van der Waals surface area contributed by atoms with Gasteiger partial charge in [0.15, 0.2) is 5.82 Å². The highest BCUT2D eigenvalue weighted by atomic mass is 32.1. The number of likely N-dealkylation sites (tertiary alicyclic amines) is 1. The Kier molecular flexibility index (Phi) is 13.1. The average Bonchev–Trinajstić information content (AvgIpc) is 3.93. The molecule has 17 heteroatoms. The van der Waals surface area contributed by atoms with Crippen molar-refractivity contribution in [3.63, 3.8) is 0 Å². The van der Waals surface area contributed by atoms with Gasteiger partial charge in [0.2, 0.25) is 6.41 Å². The fourth-order valence-corrected chi connectivity index (χ4v) is 8.25. The number of alkyl halides is 4. The van der Waals surface area contributed by atoms with Gasteiger partial charge < -0.3 is 25.6 Å². The van der Waals surface area contributed by atoms with E-state index in [9.17, 15) is 32.0 Å². The minimum atomic E-state index is -5.00. The Morgan fingerprint density at radius 3 is 2.56 bits per heavy atom. The standard InChI is InChI=1S/C21H14F5N5OS.C9H18N2O.C7H12FN/c1-3-29-19-9-6-11(21(24,25)26)14(15(23)16(9)30-20(31-19)32-2)8-4-5-12(22)17-13(8)10(7-27)18(28)33-17;1-3-10(2)7-9-5-4-6-11(9)8-12;8-6-4-7-2-1-3-9(7)5-6/h4-6H,3,28H2,1-2H3,(H,29,30,31);8-9H,3-7H2,1-2H3;6-7H,1-5H2/t;9-;/m.0./s1. The number of nitriles is 1. The van der Waals surface area contributed by atoms with Gasteiger partial charge in [-0.25, -0.2) is 13.2 Å². The van der Waals surface area contributed by atoms with Gasteiger partial charge in [-0.2, -0.15) is 28.4 Å². The van der Waals surface area contributed by atoms with Crippen LogP contribution in [0.3, 0.4) is 0 Å². The van der Waals surface area contributed by atoms with Crippen molar-refractivity contribution in [2.75, 3.05) is 64.5 Å². The van der Waals surface area contributed by atoms with Crippen LogP contribution >= 0.6 is 11.3 Å². The summed E-state index contributed by atoms with van der Waals surface area (Å²) in [5.41, 5.74) is 2.59. The third kappa shape index (κ3) is 8.61. The first-order valence-electron chi connectivity index (χ1n) is 17.8. The van der Waals surface area contributed by atoms with Crippen LogP contribution in [0.5, 0.6) is 6.01 Å². The Balaban J connectivity index is 0.000000215. The number of methoxy groups -OCH3 is 1. The third-order valence-electron chi connectivity index (χ3n) is 10.0. The van der Waals surface area contributed by atoms with Gasteiger partial charge in [0.25, 0.3) is 0 Å². The Labute approximate surface area is 313 Å². The molecule has 4 aromatic rings. The predicted octanol–water partition coefficient (Wildman–Crippen LogP) is 7.45. The van der Waals surface area contributed by atoms with Gasteiger partial charge in [0.1, 0.15) is 34.4 Å². The van der Waals surface area contributed by atoms with Gasteiger partial charge in [0.05, 0.1) is 22.9 Å². The summed E-state index contributed by atoms with van der Waals surface area (Å²) in [5.74, 6) is -2.15. The fraction of sp³-hybridized carbons (Fsp3) is 0.514. The lowest BCUT2D eigenvalue weighted by Crippen LogP contribution is -2.37. The van der Waals surface area contributed by atoms with E-state index in [-0.39, 0.29) is 50.0 Å². The number of ether oxygens (including phenoxy) is 1. The molecule has 3 fully saturated rings. The normalized spacial score (nSPS) is 19.7. The van der Waals surface area contributed by atoms with Crippen LogP contribution in [-0.4, -0.2) is 103 Å². The molecule has 5 heterocycles. The van der Waals surface area contributed by atoms with E-state index in [0.29, 0.717) is 30.0 Å². The van der Waals surface area contributed by atoms with Crippen LogP contribution in [0.1, 0.15) is 57.1 Å². The maximum atomic E-state index is 15.9. The lowest BCUT2D eigenvalue weighted by atomic mass is 9.92. The van der Waals surface area contributed by atoms with E-state index < -0.39 is 40.6 Å². The summed E-state index contributed by atoms with van der Waals surface area (Å²) >= 11 is 0.698. The maximum Gasteiger partial charge on any atom is 0.417 e. The smallest absolute Gasteiger partial charge is 0.417 e. The quantitative estimate of drug-likeness (QED) is 0.139. The molecule has 2 unspecified atom stereocenters. The lowest BCUT2D eigenvalue weighted by molar-refractivity contribution is -0.137. The van der Waals surface area contributed by atoms with E-state index in [4.69, 9.17) is 10.5 Å². The largest absolute Gasteiger partial charge is 0.467 e. The minimum absolute atomic E-state index is 0.0444. The third-order valence-corrected chi connectivity index (χ3v) is 11.0. The van der Waals surface area contributed by atoms with Crippen LogP contribution in [0.15, 0.2) is 18.2 Å². The highest BCUT2D eigenvalue weighted by Crippen LogP contribution is 2.47. The van der Waals surface area contributed by atoms with E-state index in [1.165, 1.54) is 32.8 Å². The monoisotopic (exact) mass is 778 g/mol. The summed E-state index contributed by atoms with van der Waals surface area (Å²) in [6, 6.07) is 5.22. The summed E-state index contributed by atoms with van der Waals surface area (Å²) in [6.45, 7) is 9.01. The van der Waals surface area contributed by atoms with Crippen LogP contribution in [-0.2, 0) is 11.0 Å². The molecule has 54 heavy (non-hydrogen) atoms. The second-order valence-corrected chi connectivity index (χ2v) is 14.5. The van der Waals surface area contributed by atoms with Crippen LogP contribution in [0.25, 0.3) is 32.1 Å². The first-order valence-corrected chi connectivity index (χ1v) is 18.7. The van der Waals surface area contributed by atoms with Crippen molar-refractivity contribution >= 4 is 49.6 Å². The average molecular weight is 779 g/mol. The highest BCUT2D eigenvalue weighted by molar-refractivity contribution is 7.23. The SMILES string of the molecule is CCN(C)C[C@@H]1CCCN1C=O.CCNc1nc(OC)nc2c(F)c(-c3ccc(F)c4sc(N)c(C#N)c34)c(C(F)(F)F)cc12.FC1CC2CCCN2C1. The molecule has 3 atom stereocenters. The number of benzene rings is 2. The van der Waals surface area contributed by atoms with Crippen LogP contribution in [0.4, 0.5) is 37.2 Å². The zero-order valence-corrected chi connectivity index (χ0v) is 31.4. The van der Waals surface area contributed by atoms with Gasteiger partial charge in [-0.15, -0.1) is 11.3 Å². The van der Waals surface area contributed by atoms with Crippen molar-refractivity contribution in [1.29, 1.82) is 5.26 Å². The number of amides is 1. The zero-order chi connectivity index (χ0) is 39.3. The molecular formula is C37H44F6N8O2S.